The van der Waals surface area contributed by atoms with Crippen molar-refractivity contribution in [3.8, 4) is 0 Å². The van der Waals surface area contributed by atoms with Crippen molar-refractivity contribution in [3.05, 3.63) is 107 Å². The lowest BCUT2D eigenvalue weighted by Gasteiger charge is -2.16. The monoisotopic (exact) mass is 363 g/mol. The highest BCUT2D eigenvalue weighted by Gasteiger charge is 2.22. The van der Waals surface area contributed by atoms with Gasteiger partial charge in [0.05, 0.1) is 17.3 Å². The quantitative estimate of drug-likeness (QED) is 0.454. The zero-order chi connectivity index (χ0) is 18.9. The van der Waals surface area contributed by atoms with Crippen molar-refractivity contribution in [1.82, 2.24) is 4.98 Å². The van der Waals surface area contributed by atoms with E-state index in [4.69, 9.17) is 10.4 Å². The Morgan fingerprint density at radius 1 is 0.857 bits per heavy atom. The Balaban J connectivity index is 1.47. The fourth-order valence-corrected chi connectivity index (χ4v) is 4.10. The Labute approximate surface area is 164 Å². The second-order valence-corrected chi connectivity index (χ2v) is 7.24. The number of hydrogen-bond donors (Lipinski definition) is 2. The molecule has 1 heterocycles. The van der Waals surface area contributed by atoms with Gasteiger partial charge in [0.15, 0.2) is 0 Å². The molecule has 5 rings (SSSR count). The summed E-state index contributed by atoms with van der Waals surface area (Å²) in [5, 5.41) is 13.2. The van der Waals surface area contributed by atoms with E-state index in [0.717, 1.165) is 40.7 Å². The summed E-state index contributed by atoms with van der Waals surface area (Å²) in [5.74, 6) is 0.887. The van der Waals surface area contributed by atoms with Crippen LogP contribution in [0.15, 0.2) is 84.9 Å². The van der Waals surface area contributed by atoms with Crippen molar-refractivity contribution in [2.75, 3.05) is 5.32 Å². The van der Waals surface area contributed by atoms with Crippen LogP contribution < -0.4 is 5.32 Å². The predicted molar refractivity (Wildman–Crippen MR) is 115 cm³/mol. The van der Waals surface area contributed by atoms with E-state index in [9.17, 15) is 0 Å². The average Bonchev–Trinajstić information content (AvgIpc) is 3.16. The maximum absolute atomic E-state index is 8.63. The third kappa shape index (κ3) is 2.95. The van der Waals surface area contributed by atoms with Crippen LogP contribution in [0.25, 0.3) is 10.9 Å². The third-order valence-corrected chi connectivity index (χ3v) is 5.52. The molecule has 0 spiro atoms. The molecule has 1 aliphatic carbocycles. The highest BCUT2D eigenvalue weighted by atomic mass is 15.0. The lowest BCUT2D eigenvalue weighted by atomic mass is 9.98. The number of nitrogens with one attached hydrogen (secondary N) is 2. The molecule has 0 unspecified atom stereocenters. The highest BCUT2D eigenvalue weighted by molar-refractivity contribution is 6.17. The second kappa shape index (κ2) is 6.93. The Hall–Kier alpha value is -3.46. The summed E-state index contributed by atoms with van der Waals surface area (Å²) in [4.78, 5) is 4.84. The van der Waals surface area contributed by atoms with Crippen LogP contribution in [-0.4, -0.2) is 10.7 Å². The molecule has 2 N–H and O–H groups in total. The molecule has 0 radical (unpaired) electrons. The molecule has 3 nitrogen and oxygen atoms in total. The standard InChI is InChI=1S/C25H21N3/c26-25(18-8-2-1-3-9-18)21-11-6-12-22-20(21)14-16-24(27-22)28-23-15-13-17-7-4-5-10-19(17)23/h1-12,14,16,23,26H,13,15H2,(H,27,28)/t23-/m1/s1. The number of rotatable bonds is 4. The van der Waals surface area contributed by atoms with Gasteiger partial charge in [-0.2, -0.15) is 0 Å². The van der Waals surface area contributed by atoms with Crippen molar-refractivity contribution in [2.45, 2.75) is 18.9 Å². The topological polar surface area (TPSA) is 48.8 Å². The number of pyridine rings is 1. The molecule has 0 aliphatic heterocycles. The van der Waals surface area contributed by atoms with E-state index in [1.54, 1.807) is 0 Å². The number of benzene rings is 3. The van der Waals surface area contributed by atoms with Crippen LogP contribution in [0.2, 0.25) is 0 Å². The van der Waals surface area contributed by atoms with E-state index in [1.807, 2.05) is 54.6 Å². The average molecular weight is 363 g/mol. The highest BCUT2D eigenvalue weighted by Crippen LogP contribution is 2.33. The summed E-state index contributed by atoms with van der Waals surface area (Å²) in [5.41, 5.74) is 6.07. The van der Waals surface area contributed by atoms with Gasteiger partial charge in [0, 0.05) is 16.5 Å². The number of hydrogen-bond acceptors (Lipinski definition) is 3. The SMILES string of the molecule is N=C(c1ccccc1)c1cccc2nc(N[C@@H]3CCc4ccccc43)ccc12. The van der Waals surface area contributed by atoms with Crippen LogP contribution in [-0.2, 0) is 6.42 Å². The molecule has 0 saturated carbocycles. The Morgan fingerprint density at radius 2 is 1.68 bits per heavy atom. The normalized spacial score (nSPS) is 15.4. The molecule has 4 aromatic rings. The lowest BCUT2D eigenvalue weighted by Crippen LogP contribution is -2.09. The van der Waals surface area contributed by atoms with Gasteiger partial charge >= 0.3 is 0 Å². The largest absolute Gasteiger partial charge is 0.363 e. The molecule has 3 aromatic carbocycles. The molecular weight excluding hydrogens is 342 g/mol. The van der Waals surface area contributed by atoms with Crippen LogP contribution in [0, 0.1) is 5.41 Å². The first-order valence-electron chi connectivity index (χ1n) is 9.68. The molecule has 0 bridgehead atoms. The van der Waals surface area contributed by atoms with Gasteiger partial charge in [-0.1, -0.05) is 66.7 Å². The molecular formula is C25H21N3. The van der Waals surface area contributed by atoms with Gasteiger partial charge < -0.3 is 5.32 Å². The van der Waals surface area contributed by atoms with Crippen LogP contribution in [0.3, 0.4) is 0 Å². The minimum absolute atomic E-state index is 0.312. The van der Waals surface area contributed by atoms with Gasteiger partial charge in [-0.3, -0.25) is 5.41 Å². The molecule has 0 fully saturated rings. The summed E-state index contributed by atoms with van der Waals surface area (Å²) in [6, 6.07) is 28.9. The Kier molecular flexibility index (Phi) is 4.13. The summed E-state index contributed by atoms with van der Waals surface area (Å²) >= 11 is 0. The fraction of sp³-hybridized carbons (Fsp3) is 0.120. The Morgan fingerprint density at radius 3 is 2.57 bits per heavy atom. The van der Waals surface area contributed by atoms with E-state index in [-0.39, 0.29) is 0 Å². The van der Waals surface area contributed by atoms with Crippen LogP contribution in [0.4, 0.5) is 5.82 Å². The van der Waals surface area contributed by atoms with E-state index >= 15 is 0 Å². The summed E-state index contributed by atoms with van der Waals surface area (Å²) in [6.07, 6.45) is 2.21. The number of aromatic nitrogens is 1. The van der Waals surface area contributed by atoms with Crippen LogP contribution in [0.5, 0.6) is 0 Å². The van der Waals surface area contributed by atoms with Crippen LogP contribution in [0.1, 0.15) is 34.7 Å². The maximum Gasteiger partial charge on any atom is 0.127 e. The summed E-state index contributed by atoms with van der Waals surface area (Å²) < 4.78 is 0. The first-order chi connectivity index (χ1) is 13.8. The fourth-order valence-electron chi connectivity index (χ4n) is 4.10. The number of fused-ring (bicyclic) bond motifs is 2. The van der Waals surface area contributed by atoms with Gasteiger partial charge in [-0.25, -0.2) is 4.98 Å². The van der Waals surface area contributed by atoms with E-state index in [1.165, 1.54) is 11.1 Å². The lowest BCUT2D eigenvalue weighted by molar-refractivity contribution is 0.758. The molecule has 136 valence electrons. The first kappa shape index (κ1) is 16.7. The minimum Gasteiger partial charge on any atom is -0.363 e. The molecule has 1 aliphatic rings. The van der Waals surface area contributed by atoms with Gasteiger partial charge in [-0.15, -0.1) is 0 Å². The molecule has 1 atom stereocenters. The van der Waals surface area contributed by atoms with Gasteiger partial charge in [0.2, 0.25) is 0 Å². The minimum atomic E-state index is 0.312. The summed E-state index contributed by atoms with van der Waals surface area (Å²) in [7, 11) is 0. The number of aryl methyl sites for hydroxylation is 1. The first-order valence-corrected chi connectivity index (χ1v) is 9.68. The van der Waals surface area contributed by atoms with Crippen molar-refractivity contribution in [3.63, 3.8) is 0 Å². The zero-order valence-corrected chi connectivity index (χ0v) is 15.5. The van der Waals surface area contributed by atoms with Crippen LogP contribution >= 0.6 is 0 Å². The predicted octanol–water partition coefficient (Wildman–Crippen LogP) is 5.75. The van der Waals surface area contributed by atoms with Gasteiger partial charge in [0.25, 0.3) is 0 Å². The Bertz CT molecular complexity index is 1160. The van der Waals surface area contributed by atoms with E-state index in [0.29, 0.717) is 11.8 Å². The third-order valence-electron chi connectivity index (χ3n) is 5.52. The zero-order valence-electron chi connectivity index (χ0n) is 15.5. The van der Waals surface area contributed by atoms with Gasteiger partial charge in [-0.05, 0) is 42.2 Å². The molecule has 28 heavy (non-hydrogen) atoms. The molecule has 0 amide bonds. The molecule has 0 saturated heterocycles. The molecule has 1 aromatic heterocycles. The van der Waals surface area contributed by atoms with Crippen molar-refractivity contribution in [2.24, 2.45) is 0 Å². The van der Waals surface area contributed by atoms with Crippen molar-refractivity contribution >= 4 is 22.4 Å². The number of nitrogens with zero attached hydrogens (tertiary/aromatic N) is 1. The maximum atomic E-state index is 8.63. The smallest absolute Gasteiger partial charge is 0.127 e. The van der Waals surface area contributed by atoms with Gasteiger partial charge in [0.1, 0.15) is 5.82 Å². The molecule has 3 heteroatoms. The van der Waals surface area contributed by atoms with Crippen molar-refractivity contribution < 1.29 is 0 Å². The number of anilines is 1. The van der Waals surface area contributed by atoms with Crippen molar-refractivity contribution in [1.29, 1.82) is 5.41 Å². The van der Waals surface area contributed by atoms with E-state index in [2.05, 4.69) is 35.6 Å². The summed E-state index contributed by atoms with van der Waals surface area (Å²) in [6.45, 7) is 0. The second-order valence-electron chi connectivity index (χ2n) is 7.24. The van der Waals surface area contributed by atoms with E-state index < -0.39 is 0 Å².